The normalized spacial score (nSPS) is 11.0. The van der Waals surface area contributed by atoms with Crippen molar-refractivity contribution in [2.24, 2.45) is 5.10 Å². The van der Waals surface area contributed by atoms with Gasteiger partial charge in [-0.25, -0.2) is 5.43 Å². The molecule has 0 atom stereocenters. The highest BCUT2D eigenvalue weighted by Crippen LogP contribution is 2.13. The van der Waals surface area contributed by atoms with E-state index in [4.69, 9.17) is 0 Å². The monoisotopic (exact) mass is 310 g/mol. The first-order chi connectivity index (χ1) is 11.1. The quantitative estimate of drug-likeness (QED) is 0.657. The zero-order chi connectivity index (χ0) is 16.7. The summed E-state index contributed by atoms with van der Waals surface area (Å²) >= 11 is 0. The molecule has 0 saturated heterocycles. The summed E-state index contributed by atoms with van der Waals surface area (Å²) in [5.74, 6) is -0.548. The van der Waals surface area contributed by atoms with Crippen molar-refractivity contribution in [1.29, 1.82) is 0 Å². The van der Waals surface area contributed by atoms with Crippen LogP contribution < -0.4 is 10.7 Å². The van der Waals surface area contributed by atoms with E-state index in [2.05, 4.69) is 20.8 Å². The summed E-state index contributed by atoms with van der Waals surface area (Å²) in [6.45, 7) is 3.60. The van der Waals surface area contributed by atoms with Crippen LogP contribution in [0.15, 0.2) is 53.9 Å². The Labute approximate surface area is 134 Å². The largest absolute Gasteiger partial charge is 0.326 e. The SMILES string of the molecule is C/C(CC(=O)Nc1ccccc1C)=N\NC(=O)c1cccnc1. The third-order valence-corrected chi connectivity index (χ3v) is 3.11. The average molecular weight is 310 g/mol. The number of hydrogen-bond donors (Lipinski definition) is 2. The summed E-state index contributed by atoms with van der Waals surface area (Å²) in [5.41, 5.74) is 5.08. The Morgan fingerprint density at radius 1 is 1.17 bits per heavy atom. The highest BCUT2D eigenvalue weighted by atomic mass is 16.2. The predicted octanol–water partition coefficient (Wildman–Crippen LogP) is 2.52. The van der Waals surface area contributed by atoms with Gasteiger partial charge < -0.3 is 5.32 Å². The smallest absolute Gasteiger partial charge is 0.272 e. The Balaban J connectivity index is 1.88. The molecule has 1 aromatic carbocycles. The maximum absolute atomic E-state index is 12.0. The Kier molecular flexibility index (Phi) is 5.57. The highest BCUT2D eigenvalue weighted by Gasteiger charge is 2.07. The van der Waals surface area contributed by atoms with E-state index in [1.54, 1.807) is 25.3 Å². The van der Waals surface area contributed by atoms with Gasteiger partial charge in [0.2, 0.25) is 5.91 Å². The number of hydrazone groups is 1. The summed E-state index contributed by atoms with van der Waals surface area (Å²) in [6, 6.07) is 10.8. The molecule has 23 heavy (non-hydrogen) atoms. The van der Waals surface area contributed by atoms with Gasteiger partial charge in [0.15, 0.2) is 0 Å². The molecule has 2 N–H and O–H groups in total. The van der Waals surface area contributed by atoms with Crippen LogP contribution >= 0.6 is 0 Å². The molecule has 2 amide bonds. The molecule has 0 bridgehead atoms. The molecule has 0 spiro atoms. The Morgan fingerprint density at radius 3 is 2.65 bits per heavy atom. The number of rotatable bonds is 5. The van der Waals surface area contributed by atoms with E-state index in [0.717, 1.165) is 11.3 Å². The molecule has 0 aliphatic rings. The number of aryl methyl sites for hydroxylation is 1. The Morgan fingerprint density at radius 2 is 1.96 bits per heavy atom. The summed E-state index contributed by atoms with van der Waals surface area (Å²) in [7, 11) is 0. The second kappa shape index (κ2) is 7.84. The molecule has 1 heterocycles. The van der Waals surface area contributed by atoms with Crippen molar-refractivity contribution in [1.82, 2.24) is 10.4 Å². The van der Waals surface area contributed by atoms with Crippen LogP contribution in [-0.4, -0.2) is 22.5 Å². The summed E-state index contributed by atoms with van der Waals surface area (Å²) in [4.78, 5) is 27.6. The van der Waals surface area contributed by atoms with Crippen molar-refractivity contribution >= 4 is 23.2 Å². The van der Waals surface area contributed by atoms with E-state index in [0.29, 0.717) is 11.3 Å². The number of pyridine rings is 1. The van der Waals surface area contributed by atoms with Gasteiger partial charge in [-0.05, 0) is 37.6 Å². The second-order valence-electron chi connectivity index (χ2n) is 5.07. The van der Waals surface area contributed by atoms with Gasteiger partial charge in [-0.2, -0.15) is 5.10 Å². The van der Waals surface area contributed by atoms with Crippen LogP contribution in [0.25, 0.3) is 0 Å². The van der Waals surface area contributed by atoms with E-state index in [-0.39, 0.29) is 18.2 Å². The number of amides is 2. The van der Waals surface area contributed by atoms with Gasteiger partial charge in [0, 0.05) is 23.8 Å². The molecule has 1 aromatic heterocycles. The third-order valence-electron chi connectivity index (χ3n) is 3.11. The lowest BCUT2D eigenvalue weighted by Gasteiger charge is -2.08. The maximum Gasteiger partial charge on any atom is 0.272 e. The van der Waals surface area contributed by atoms with Crippen LogP contribution in [0.4, 0.5) is 5.69 Å². The molecule has 0 saturated carbocycles. The van der Waals surface area contributed by atoms with E-state index < -0.39 is 0 Å². The number of aromatic nitrogens is 1. The molecule has 2 aromatic rings. The van der Waals surface area contributed by atoms with E-state index >= 15 is 0 Å². The first-order valence-electron chi connectivity index (χ1n) is 7.15. The first-order valence-corrected chi connectivity index (χ1v) is 7.15. The summed E-state index contributed by atoms with van der Waals surface area (Å²) in [5, 5.41) is 6.75. The fourth-order valence-electron chi connectivity index (χ4n) is 1.89. The van der Waals surface area contributed by atoms with Crippen molar-refractivity contribution < 1.29 is 9.59 Å². The van der Waals surface area contributed by atoms with Crippen LogP contribution in [0.3, 0.4) is 0 Å². The molecule has 0 aliphatic carbocycles. The minimum atomic E-state index is -0.364. The molecule has 0 fully saturated rings. The predicted molar refractivity (Wildman–Crippen MR) is 89.2 cm³/mol. The Hall–Kier alpha value is -3.02. The van der Waals surface area contributed by atoms with Gasteiger partial charge in [-0.3, -0.25) is 14.6 Å². The number of carbonyl (C=O) groups excluding carboxylic acids is 2. The molecule has 6 heteroatoms. The minimum Gasteiger partial charge on any atom is -0.326 e. The number of benzene rings is 1. The first kappa shape index (κ1) is 16.4. The molecule has 6 nitrogen and oxygen atoms in total. The van der Waals surface area contributed by atoms with E-state index in [1.807, 2.05) is 31.2 Å². The van der Waals surface area contributed by atoms with Crippen LogP contribution in [-0.2, 0) is 4.79 Å². The molecule has 0 aliphatic heterocycles. The summed E-state index contributed by atoms with van der Waals surface area (Å²) in [6.07, 6.45) is 3.13. The molecule has 2 rings (SSSR count). The zero-order valence-corrected chi connectivity index (χ0v) is 13.0. The molecular weight excluding hydrogens is 292 g/mol. The number of anilines is 1. The van der Waals surface area contributed by atoms with Crippen molar-refractivity contribution in [3.63, 3.8) is 0 Å². The van der Waals surface area contributed by atoms with Crippen molar-refractivity contribution in [3.8, 4) is 0 Å². The number of nitrogens with zero attached hydrogens (tertiary/aromatic N) is 2. The van der Waals surface area contributed by atoms with Gasteiger partial charge in [-0.15, -0.1) is 0 Å². The lowest BCUT2D eigenvalue weighted by molar-refractivity contribution is -0.115. The second-order valence-corrected chi connectivity index (χ2v) is 5.07. The van der Waals surface area contributed by atoms with Gasteiger partial charge in [-0.1, -0.05) is 18.2 Å². The lowest BCUT2D eigenvalue weighted by atomic mass is 10.2. The molecular formula is C17H18N4O2. The maximum atomic E-state index is 12.0. The fourth-order valence-corrected chi connectivity index (χ4v) is 1.89. The van der Waals surface area contributed by atoms with Crippen LogP contribution in [0.1, 0.15) is 29.3 Å². The van der Waals surface area contributed by atoms with Crippen molar-refractivity contribution in [3.05, 3.63) is 59.9 Å². The van der Waals surface area contributed by atoms with Crippen LogP contribution in [0, 0.1) is 6.92 Å². The summed E-state index contributed by atoms with van der Waals surface area (Å²) < 4.78 is 0. The van der Waals surface area contributed by atoms with E-state index in [1.165, 1.54) is 6.20 Å². The topological polar surface area (TPSA) is 83.5 Å². The van der Waals surface area contributed by atoms with Crippen LogP contribution in [0.2, 0.25) is 0 Å². The molecule has 0 unspecified atom stereocenters. The zero-order valence-electron chi connectivity index (χ0n) is 13.0. The minimum absolute atomic E-state index is 0.0989. The average Bonchev–Trinajstić information content (AvgIpc) is 2.55. The Bertz CT molecular complexity index is 726. The third kappa shape index (κ3) is 5.03. The molecule has 0 radical (unpaired) electrons. The van der Waals surface area contributed by atoms with Crippen molar-refractivity contribution in [2.75, 3.05) is 5.32 Å². The van der Waals surface area contributed by atoms with Gasteiger partial charge in [0.1, 0.15) is 0 Å². The van der Waals surface area contributed by atoms with Crippen molar-refractivity contribution in [2.45, 2.75) is 20.3 Å². The molecule has 118 valence electrons. The van der Waals surface area contributed by atoms with Gasteiger partial charge >= 0.3 is 0 Å². The number of nitrogens with one attached hydrogen (secondary N) is 2. The fraction of sp³-hybridized carbons (Fsp3) is 0.176. The van der Waals surface area contributed by atoms with Crippen LogP contribution in [0.5, 0.6) is 0 Å². The lowest BCUT2D eigenvalue weighted by Crippen LogP contribution is -2.21. The van der Waals surface area contributed by atoms with E-state index in [9.17, 15) is 9.59 Å². The number of carbonyl (C=O) groups is 2. The standard InChI is InChI=1S/C17H18N4O2/c1-12-6-3-4-8-15(12)19-16(22)10-13(2)20-21-17(23)14-7-5-9-18-11-14/h3-9,11H,10H2,1-2H3,(H,19,22)(H,21,23)/b20-13+. The van der Waals surface area contributed by atoms with Gasteiger partial charge in [0.05, 0.1) is 12.0 Å². The van der Waals surface area contributed by atoms with Gasteiger partial charge in [0.25, 0.3) is 5.91 Å². The number of para-hydroxylation sites is 1. The highest BCUT2D eigenvalue weighted by molar-refractivity contribution is 6.06. The number of hydrogen-bond acceptors (Lipinski definition) is 4.